The highest BCUT2D eigenvalue weighted by Gasteiger charge is 2.19. The van der Waals surface area contributed by atoms with Gasteiger partial charge in [-0.2, -0.15) is 0 Å². The average molecular weight is 406 g/mol. The molecule has 0 aliphatic carbocycles. The second-order valence-corrected chi connectivity index (χ2v) is 7.44. The Morgan fingerprint density at radius 3 is 2.86 bits per heavy atom. The van der Waals surface area contributed by atoms with E-state index < -0.39 is 18.7 Å². The fourth-order valence-corrected chi connectivity index (χ4v) is 4.01. The van der Waals surface area contributed by atoms with E-state index in [2.05, 4.69) is 10.6 Å². The fourth-order valence-electron chi connectivity index (χ4n) is 2.91. The standard InChI is InChI=1S/C19H22N2O6S/c1-26-14-3-2-11(6-15(14)27-10-18(23)24)13(22)9-21-19(25)17-7-12-8-20-5-4-16(12)28-17/h2-3,6-7,13,20,22H,4-5,8-10H2,1H3,(H,21,25)(H,23,24). The molecule has 4 N–H and O–H groups in total. The van der Waals surface area contributed by atoms with Crippen LogP contribution in [0.3, 0.4) is 0 Å². The molecule has 3 rings (SSSR count). The lowest BCUT2D eigenvalue weighted by molar-refractivity contribution is -0.139. The van der Waals surface area contributed by atoms with Gasteiger partial charge in [0.05, 0.1) is 18.1 Å². The molecule has 1 aromatic heterocycles. The number of benzene rings is 1. The van der Waals surface area contributed by atoms with Crippen LogP contribution in [-0.2, 0) is 17.8 Å². The summed E-state index contributed by atoms with van der Waals surface area (Å²) in [5.74, 6) is -0.770. The Kier molecular flexibility index (Phi) is 6.50. The molecule has 2 aromatic rings. The predicted molar refractivity (Wildman–Crippen MR) is 103 cm³/mol. The lowest BCUT2D eigenvalue weighted by Gasteiger charge is -2.15. The van der Waals surface area contributed by atoms with Gasteiger partial charge in [0.15, 0.2) is 18.1 Å². The van der Waals surface area contributed by atoms with Gasteiger partial charge in [-0.25, -0.2) is 4.79 Å². The molecule has 0 saturated carbocycles. The van der Waals surface area contributed by atoms with Crippen LogP contribution in [0.5, 0.6) is 11.5 Å². The van der Waals surface area contributed by atoms with Crippen LogP contribution < -0.4 is 20.1 Å². The molecular formula is C19H22N2O6S. The zero-order valence-electron chi connectivity index (χ0n) is 15.4. The molecule has 2 heterocycles. The smallest absolute Gasteiger partial charge is 0.341 e. The van der Waals surface area contributed by atoms with Gasteiger partial charge in [0.25, 0.3) is 5.91 Å². The molecule has 1 aromatic carbocycles. The Hall–Kier alpha value is -2.62. The van der Waals surface area contributed by atoms with Gasteiger partial charge in [0, 0.05) is 24.5 Å². The molecule has 1 atom stereocenters. The van der Waals surface area contributed by atoms with Crippen LogP contribution in [0.2, 0.25) is 0 Å². The number of carbonyl (C=O) groups excluding carboxylic acids is 1. The lowest BCUT2D eigenvalue weighted by Crippen LogP contribution is -2.27. The maximum atomic E-state index is 12.4. The van der Waals surface area contributed by atoms with Crippen molar-refractivity contribution in [3.8, 4) is 11.5 Å². The summed E-state index contributed by atoms with van der Waals surface area (Å²) >= 11 is 1.48. The Balaban J connectivity index is 1.63. The molecule has 9 heteroatoms. The molecule has 0 bridgehead atoms. The van der Waals surface area contributed by atoms with Crippen molar-refractivity contribution in [3.63, 3.8) is 0 Å². The number of aliphatic carboxylic acids is 1. The zero-order chi connectivity index (χ0) is 20.1. The number of aliphatic hydroxyl groups excluding tert-OH is 1. The molecular weight excluding hydrogens is 384 g/mol. The molecule has 1 amide bonds. The van der Waals surface area contributed by atoms with Crippen LogP contribution in [0.1, 0.15) is 31.8 Å². The molecule has 8 nitrogen and oxygen atoms in total. The number of nitrogens with one attached hydrogen (secondary N) is 2. The monoisotopic (exact) mass is 406 g/mol. The number of rotatable bonds is 8. The van der Waals surface area contributed by atoms with Crippen molar-refractivity contribution < 1.29 is 29.3 Å². The van der Waals surface area contributed by atoms with Crippen molar-refractivity contribution in [1.82, 2.24) is 10.6 Å². The van der Waals surface area contributed by atoms with Crippen LogP contribution in [0.4, 0.5) is 0 Å². The number of hydrogen-bond donors (Lipinski definition) is 4. The normalized spacial score (nSPS) is 14.1. The molecule has 0 fully saturated rings. The van der Waals surface area contributed by atoms with E-state index in [0.29, 0.717) is 16.2 Å². The summed E-state index contributed by atoms with van der Waals surface area (Å²) < 4.78 is 10.3. The lowest BCUT2D eigenvalue weighted by atomic mass is 10.1. The summed E-state index contributed by atoms with van der Waals surface area (Å²) in [6, 6.07) is 6.61. The highest BCUT2D eigenvalue weighted by molar-refractivity contribution is 7.14. The summed E-state index contributed by atoms with van der Waals surface area (Å²) in [4.78, 5) is 25.0. The topological polar surface area (TPSA) is 117 Å². The molecule has 1 aliphatic heterocycles. The zero-order valence-corrected chi connectivity index (χ0v) is 16.2. The predicted octanol–water partition coefficient (Wildman–Crippen LogP) is 1.33. The van der Waals surface area contributed by atoms with Gasteiger partial charge in [-0.15, -0.1) is 11.3 Å². The highest BCUT2D eigenvalue weighted by atomic mass is 32.1. The Morgan fingerprint density at radius 1 is 1.32 bits per heavy atom. The van der Waals surface area contributed by atoms with E-state index in [-0.39, 0.29) is 18.2 Å². The van der Waals surface area contributed by atoms with Gasteiger partial charge in [0.2, 0.25) is 0 Å². The molecule has 0 saturated heterocycles. The summed E-state index contributed by atoms with van der Waals surface area (Å²) in [6.45, 7) is 1.18. The van der Waals surface area contributed by atoms with Crippen molar-refractivity contribution in [1.29, 1.82) is 0 Å². The molecule has 150 valence electrons. The first kappa shape index (κ1) is 20.1. The van der Waals surface area contributed by atoms with Gasteiger partial charge in [-0.1, -0.05) is 6.07 Å². The number of aliphatic hydroxyl groups is 1. The van der Waals surface area contributed by atoms with Gasteiger partial charge in [-0.05, 0) is 35.7 Å². The van der Waals surface area contributed by atoms with Crippen LogP contribution in [-0.4, -0.2) is 48.9 Å². The third-order valence-corrected chi connectivity index (χ3v) is 5.58. The van der Waals surface area contributed by atoms with Crippen LogP contribution >= 0.6 is 11.3 Å². The van der Waals surface area contributed by atoms with Gasteiger partial charge < -0.3 is 30.3 Å². The molecule has 1 unspecified atom stereocenters. The molecule has 0 radical (unpaired) electrons. The van der Waals surface area contributed by atoms with Crippen LogP contribution in [0, 0.1) is 0 Å². The number of hydrogen-bond acceptors (Lipinski definition) is 7. The third-order valence-electron chi connectivity index (χ3n) is 4.34. The summed E-state index contributed by atoms with van der Waals surface area (Å²) in [6.07, 6.45) is -0.0563. The summed E-state index contributed by atoms with van der Waals surface area (Å²) in [7, 11) is 1.44. The number of thiophene rings is 1. The maximum Gasteiger partial charge on any atom is 0.341 e. The number of carboxylic acids is 1. The summed E-state index contributed by atoms with van der Waals surface area (Å²) in [5, 5.41) is 25.2. The Morgan fingerprint density at radius 2 is 2.14 bits per heavy atom. The molecule has 0 spiro atoms. The minimum absolute atomic E-state index is 0.0182. The second-order valence-electron chi connectivity index (χ2n) is 6.30. The molecule has 28 heavy (non-hydrogen) atoms. The van der Waals surface area contributed by atoms with Crippen molar-refractivity contribution in [2.75, 3.05) is 26.8 Å². The van der Waals surface area contributed by atoms with Gasteiger partial charge in [-0.3, -0.25) is 4.79 Å². The summed E-state index contributed by atoms with van der Waals surface area (Å²) in [5.41, 5.74) is 1.63. The van der Waals surface area contributed by atoms with E-state index in [4.69, 9.17) is 14.6 Å². The van der Waals surface area contributed by atoms with E-state index in [0.717, 1.165) is 25.1 Å². The number of amides is 1. The van der Waals surface area contributed by atoms with Gasteiger partial charge >= 0.3 is 5.97 Å². The SMILES string of the molecule is COc1ccc(C(O)CNC(=O)c2cc3c(s2)CCNC3)cc1OCC(=O)O. The number of carbonyl (C=O) groups is 2. The number of fused-ring (bicyclic) bond motifs is 1. The maximum absolute atomic E-state index is 12.4. The van der Waals surface area contributed by atoms with Crippen molar-refractivity contribution in [2.24, 2.45) is 0 Å². The molecule has 1 aliphatic rings. The first-order valence-corrected chi connectivity index (χ1v) is 9.60. The number of carboxylic acid groups (broad SMARTS) is 1. The van der Waals surface area contributed by atoms with E-state index in [1.165, 1.54) is 29.4 Å². The van der Waals surface area contributed by atoms with Crippen LogP contribution in [0.25, 0.3) is 0 Å². The number of ether oxygens (including phenoxy) is 2. The quantitative estimate of drug-likeness (QED) is 0.522. The Bertz CT molecular complexity index is 843. The first-order valence-electron chi connectivity index (χ1n) is 8.79. The minimum atomic E-state index is -1.12. The van der Waals surface area contributed by atoms with E-state index in [9.17, 15) is 14.7 Å². The largest absolute Gasteiger partial charge is 0.493 e. The fraction of sp³-hybridized carbons (Fsp3) is 0.368. The van der Waals surface area contributed by atoms with Crippen LogP contribution in [0.15, 0.2) is 24.3 Å². The van der Waals surface area contributed by atoms with Gasteiger partial charge in [0.1, 0.15) is 0 Å². The second kappa shape index (κ2) is 9.05. The minimum Gasteiger partial charge on any atom is -0.493 e. The average Bonchev–Trinajstić information content (AvgIpc) is 3.14. The van der Waals surface area contributed by atoms with Crippen molar-refractivity contribution in [3.05, 3.63) is 45.1 Å². The highest BCUT2D eigenvalue weighted by Crippen LogP contribution is 2.30. The van der Waals surface area contributed by atoms with Crippen molar-refractivity contribution in [2.45, 2.75) is 19.1 Å². The van der Waals surface area contributed by atoms with E-state index >= 15 is 0 Å². The van der Waals surface area contributed by atoms with E-state index in [1.54, 1.807) is 12.1 Å². The first-order chi connectivity index (χ1) is 13.5. The van der Waals surface area contributed by atoms with E-state index in [1.807, 2.05) is 6.07 Å². The van der Waals surface area contributed by atoms with Crippen molar-refractivity contribution >= 4 is 23.2 Å². The Labute approximate surface area is 166 Å². The number of methoxy groups -OCH3 is 1. The third kappa shape index (κ3) is 4.80.